The summed E-state index contributed by atoms with van der Waals surface area (Å²) in [5.41, 5.74) is 3.66. The van der Waals surface area contributed by atoms with E-state index < -0.39 is 0 Å². The SMILES string of the molecule is Cc1cccc([C@@H](C)NCC#Cc2ccccc2)c1. The summed E-state index contributed by atoms with van der Waals surface area (Å²) >= 11 is 0. The summed E-state index contributed by atoms with van der Waals surface area (Å²) in [6.45, 7) is 4.98. The molecular weight excluding hydrogens is 230 g/mol. The highest BCUT2D eigenvalue weighted by Gasteiger charge is 2.02. The van der Waals surface area contributed by atoms with Crippen molar-refractivity contribution < 1.29 is 0 Å². The van der Waals surface area contributed by atoms with Crippen LogP contribution in [0, 0.1) is 18.8 Å². The number of hydrogen-bond acceptors (Lipinski definition) is 1. The number of aryl methyl sites for hydroxylation is 1. The van der Waals surface area contributed by atoms with E-state index >= 15 is 0 Å². The highest BCUT2D eigenvalue weighted by atomic mass is 14.9. The van der Waals surface area contributed by atoms with Gasteiger partial charge in [-0.3, -0.25) is 5.32 Å². The largest absolute Gasteiger partial charge is 0.300 e. The van der Waals surface area contributed by atoms with E-state index in [1.807, 2.05) is 30.3 Å². The van der Waals surface area contributed by atoms with Crippen molar-refractivity contribution in [3.05, 3.63) is 71.3 Å². The normalized spacial score (nSPS) is 11.5. The van der Waals surface area contributed by atoms with Gasteiger partial charge in [-0.05, 0) is 31.5 Å². The van der Waals surface area contributed by atoms with Crippen LogP contribution in [-0.4, -0.2) is 6.54 Å². The van der Waals surface area contributed by atoms with E-state index in [9.17, 15) is 0 Å². The lowest BCUT2D eigenvalue weighted by Gasteiger charge is -2.12. The van der Waals surface area contributed by atoms with Crippen molar-refractivity contribution in [2.75, 3.05) is 6.54 Å². The van der Waals surface area contributed by atoms with Gasteiger partial charge in [0, 0.05) is 11.6 Å². The minimum Gasteiger partial charge on any atom is -0.300 e. The second-order valence-corrected chi connectivity index (χ2v) is 4.68. The van der Waals surface area contributed by atoms with E-state index in [1.54, 1.807) is 0 Å². The molecule has 0 aromatic heterocycles. The Balaban J connectivity index is 1.88. The van der Waals surface area contributed by atoms with Gasteiger partial charge in [0.15, 0.2) is 0 Å². The van der Waals surface area contributed by atoms with E-state index in [4.69, 9.17) is 0 Å². The average molecular weight is 249 g/mol. The molecule has 0 aliphatic carbocycles. The van der Waals surface area contributed by atoms with Crippen LogP contribution in [0.1, 0.15) is 29.7 Å². The van der Waals surface area contributed by atoms with Crippen LogP contribution in [0.4, 0.5) is 0 Å². The van der Waals surface area contributed by atoms with E-state index in [2.05, 4.69) is 55.3 Å². The fraction of sp³-hybridized carbons (Fsp3) is 0.222. The van der Waals surface area contributed by atoms with Crippen LogP contribution in [-0.2, 0) is 0 Å². The fourth-order valence-corrected chi connectivity index (χ4v) is 1.93. The van der Waals surface area contributed by atoms with Gasteiger partial charge < -0.3 is 0 Å². The zero-order valence-corrected chi connectivity index (χ0v) is 11.5. The first-order valence-corrected chi connectivity index (χ1v) is 6.59. The molecule has 0 saturated carbocycles. The molecule has 0 aliphatic heterocycles. The molecule has 2 aromatic rings. The Bertz CT molecular complexity index is 575. The molecule has 1 nitrogen and oxygen atoms in total. The smallest absolute Gasteiger partial charge is 0.0584 e. The second kappa shape index (κ2) is 6.78. The molecule has 0 aliphatic rings. The Hall–Kier alpha value is -2.04. The quantitative estimate of drug-likeness (QED) is 0.818. The third kappa shape index (κ3) is 4.28. The molecule has 0 radical (unpaired) electrons. The predicted octanol–water partition coefficient (Wildman–Crippen LogP) is 3.70. The molecule has 0 saturated heterocycles. The summed E-state index contributed by atoms with van der Waals surface area (Å²) in [7, 11) is 0. The first-order valence-electron chi connectivity index (χ1n) is 6.59. The summed E-state index contributed by atoms with van der Waals surface area (Å²) < 4.78 is 0. The first kappa shape index (κ1) is 13.4. The lowest BCUT2D eigenvalue weighted by molar-refractivity contribution is 0.623. The van der Waals surface area contributed by atoms with Gasteiger partial charge in [-0.15, -0.1) is 0 Å². The summed E-state index contributed by atoms with van der Waals surface area (Å²) in [5.74, 6) is 6.31. The van der Waals surface area contributed by atoms with Gasteiger partial charge in [0.25, 0.3) is 0 Å². The van der Waals surface area contributed by atoms with Crippen LogP contribution in [0.15, 0.2) is 54.6 Å². The minimum absolute atomic E-state index is 0.324. The summed E-state index contributed by atoms with van der Waals surface area (Å²) in [5, 5.41) is 3.42. The zero-order valence-electron chi connectivity index (χ0n) is 11.5. The molecule has 0 bridgehead atoms. The topological polar surface area (TPSA) is 12.0 Å². The summed E-state index contributed by atoms with van der Waals surface area (Å²) in [4.78, 5) is 0. The van der Waals surface area contributed by atoms with Crippen LogP contribution in [0.3, 0.4) is 0 Å². The van der Waals surface area contributed by atoms with Gasteiger partial charge in [0.1, 0.15) is 0 Å². The number of nitrogens with one attached hydrogen (secondary N) is 1. The molecule has 0 amide bonds. The standard InChI is InChI=1S/C18H19N/c1-15-8-6-12-18(14-15)16(2)19-13-7-11-17-9-4-3-5-10-17/h3-6,8-10,12,14,16,19H,13H2,1-2H3/t16-/m1/s1. The van der Waals surface area contributed by atoms with Crippen molar-refractivity contribution in [1.82, 2.24) is 5.32 Å². The maximum absolute atomic E-state index is 3.42. The monoisotopic (exact) mass is 249 g/mol. The van der Waals surface area contributed by atoms with Gasteiger partial charge in [0.2, 0.25) is 0 Å². The van der Waals surface area contributed by atoms with Crippen LogP contribution in [0.5, 0.6) is 0 Å². The maximum atomic E-state index is 3.42. The van der Waals surface area contributed by atoms with Crippen molar-refractivity contribution in [3.63, 3.8) is 0 Å². The molecule has 1 N–H and O–H groups in total. The molecule has 1 atom stereocenters. The zero-order chi connectivity index (χ0) is 13.5. The van der Waals surface area contributed by atoms with E-state index in [0.717, 1.165) is 5.56 Å². The van der Waals surface area contributed by atoms with Crippen LogP contribution < -0.4 is 5.32 Å². The third-order valence-corrected chi connectivity index (χ3v) is 3.05. The number of hydrogen-bond donors (Lipinski definition) is 1. The van der Waals surface area contributed by atoms with Crippen molar-refractivity contribution >= 4 is 0 Å². The Morgan fingerprint density at radius 3 is 2.58 bits per heavy atom. The molecule has 19 heavy (non-hydrogen) atoms. The Morgan fingerprint density at radius 2 is 1.84 bits per heavy atom. The molecule has 0 unspecified atom stereocenters. The van der Waals surface area contributed by atoms with Gasteiger partial charge in [0.05, 0.1) is 6.54 Å². The highest BCUT2D eigenvalue weighted by Crippen LogP contribution is 2.13. The molecular formula is C18H19N. The van der Waals surface area contributed by atoms with Crippen molar-refractivity contribution in [2.24, 2.45) is 0 Å². The van der Waals surface area contributed by atoms with Crippen molar-refractivity contribution in [1.29, 1.82) is 0 Å². The molecule has 2 rings (SSSR count). The Kier molecular flexibility index (Phi) is 4.78. The molecule has 0 fully saturated rings. The third-order valence-electron chi connectivity index (χ3n) is 3.05. The highest BCUT2D eigenvalue weighted by molar-refractivity contribution is 5.34. The lowest BCUT2D eigenvalue weighted by Crippen LogP contribution is -2.18. The van der Waals surface area contributed by atoms with E-state index in [0.29, 0.717) is 12.6 Å². The summed E-state index contributed by atoms with van der Waals surface area (Å²) in [6.07, 6.45) is 0. The lowest BCUT2D eigenvalue weighted by atomic mass is 10.1. The number of rotatable bonds is 3. The predicted molar refractivity (Wildman–Crippen MR) is 80.9 cm³/mol. The fourth-order valence-electron chi connectivity index (χ4n) is 1.93. The average Bonchev–Trinajstić information content (AvgIpc) is 2.44. The van der Waals surface area contributed by atoms with Gasteiger partial charge in [-0.2, -0.15) is 0 Å². The molecule has 1 heteroatoms. The van der Waals surface area contributed by atoms with Crippen LogP contribution in [0.25, 0.3) is 0 Å². The van der Waals surface area contributed by atoms with Gasteiger partial charge in [-0.25, -0.2) is 0 Å². The minimum atomic E-state index is 0.324. The van der Waals surface area contributed by atoms with E-state index in [-0.39, 0.29) is 0 Å². The second-order valence-electron chi connectivity index (χ2n) is 4.68. The number of benzene rings is 2. The molecule has 0 heterocycles. The van der Waals surface area contributed by atoms with E-state index in [1.165, 1.54) is 11.1 Å². The Labute approximate surface area is 115 Å². The summed E-state index contributed by atoms with van der Waals surface area (Å²) in [6, 6.07) is 19.0. The Morgan fingerprint density at radius 1 is 1.05 bits per heavy atom. The van der Waals surface area contributed by atoms with Crippen LogP contribution in [0.2, 0.25) is 0 Å². The van der Waals surface area contributed by atoms with Crippen molar-refractivity contribution in [3.8, 4) is 11.8 Å². The molecule has 0 spiro atoms. The van der Waals surface area contributed by atoms with Crippen molar-refractivity contribution in [2.45, 2.75) is 19.9 Å². The first-order chi connectivity index (χ1) is 9.25. The molecule has 96 valence electrons. The maximum Gasteiger partial charge on any atom is 0.0584 e. The molecule has 2 aromatic carbocycles. The van der Waals surface area contributed by atoms with Gasteiger partial charge >= 0.3 is 0 Å². The van der Waals surface area contributed by atoms with Gasteiger partial charge in [-0.1, -0.05) is 59.9 Å². The van der Waals surface area contributed by atoms with Crippen LogP contribution >= 0.6 is 0 Å².